The van der Waals surface area contributed by atoms with E-state index in [0.717, 1.165) is 0 Å². The van der Waals surface area contributed by atoms with Gasteiger partial charge in [-0.05, 0) is 5.56 Å². The van der Waals surface area contributed by atoms with Crippen molar-refractivity contribution in [3.05, 3.63) is 35.8 Å². The Bertz CT molecular complexity index is 466. The van der Waals surface area contributed by atoms with Crippen molar-refractivity contribution in [1.29, 1.82) is 0 Å². The third-order valence-corrected chi connectivity index (χ3v) is 0.874. The van der Waals surface area contributed by atoms with Crippen molar-refractivity contribution in [2.45, 2.75) is 6.08 Å². The predicted molar refractivity (Wildman–Crippen MR) is 40.5 cm³/mol. The second kappa shape index (κ2) is 3.34. The molecule has 0 radical (unpaired) electrons. The van der Waals surface area contributed by atoms with Crippen LogP contribution in [0.4, 0.5) is 0 Å². The molecule has 0 spiro atoms. The lowest BCUT2D eigenvalue weighted by molar-refractivity contribution is 0.187. The highest BCUT2D eigenvalue weighted by Gasteiger charge is 2.01. The highest BCUT2D eigenvalue weighted by atomic mass is 16.3. The van der Waals surface area contributed by atoms with Crippen molar-refractivity contribution in [1.82, 2.24) is 0 Å². The maximum absolute atomic E-state index is 9.72. The number of hydrogen-bond acceptors (Lipinski definition) is 2. The number of aliphatic hydroxyl groups is 1. The summed E-state index contributed by atoms with van der Waals surface area (Å²) < 4.78 is 58.7. The Morgan fingerprint density at radius 3 is 2.80 bits per heavy atom. The van der Waals surface area contributed by atoms with Gasteiger partial charge in [0.05, 0.1) is 14.3 Å². The van der Waals surface area contributed by atoms with Gasteiger partial charge in [0.15, 0.2) is 0 Å². The molecule has 0 aromatic heterocycles. The first-order valence-electron chi connectivity index (χ1n) is 6.51. The van der Waals surface area contributed by atoms with E-state index in [1.165, 1.54) is 0 Å². The van der Waals surface area contributed by atoms with Gasteiger partial charge in [0.25, 0.3) is 0 Å². The van der Waals surface area contributed by atoms with Crippen molar-refractivity contribution in [3.8, 4) is 0 Å². The van der Waals surface area contributed by atoms with Crippen LogP contribution in [-0.4, -0.2) is 11.6 Å². The van der Waals surface area contributed by atoms with Gasteiger partial charge in [-0.1, -0.05) is 30.2 Å². The molecule has 0 aliphatic carbocycles. The Labute approximate surface area is 71.5 Å². The molecule has 54 valence electrons. The fourth-order valence-corrected chi connectivity index (χ4v) is 0.441. The van der Waals surface area contributed by atoms with E-state index in [4.69, 9.17) is 16.7 Å². The van der Waals surface area contributed by atoms with Crippen molar-refractivity contribution in [2.75, 3.05) is 6.50 Å². The summed E-state index contributed by atoms with van der Waals surface area (Å²) in [6.07, 6.45) is -3.15. The quantitative estimate of drug-likeness (QED) is 0.642. The lowest BCUT2D eigenvalue weighted by Gasteiger charge is -2.05. The molecule has 3 N–H and O–H groups in total. The molecule has 0 amide bonds. The second-order valence-electron chi connectivity index (χ2n) is 1.49. The van der Waals surface area contributed by atoms with Gasteiger partial charge in [0.2, 0.25) is 0 Å². The van der Waals surface area contributed by atoms with Crippen LogP contribution in [0.15, 0.2) is 30.2 Å². The van der Waals surface area contributed by atoms with E-state index in [0.29, 0.717) is 0 Å². The minimum Gasteiger partial charge on any atom is -0.387 e. The average Bonchev–Trinajstić information content (AvgIpc) is 2.22. The molecular weight excluding hydrogens is 126 g/mol. The van der Waals surface area contributed by atoms with Crippen molar-refractivity contribution in [3.63, 3.8) is 0 Å². The topological polar surface area (TPSA) is 46.2 Å². The van der Waals surface area contributed by atoms with E-state index in [1.807, 2.05) is 0 Å². The monoisotopic (exact) mass is 145 g/mol. The van der Waals surface area contributed by atoms with Gasteiger partial charge >= 0.3 is 0 Å². The van der Waals surface area contributed by atoms with E-state index < -0.39 is 48.4 Å². The lowest BCUT2D eigenvalue weighted by atomic mass is 10.1. The number of hydrogen-bond donors (Lipinski definition) is 2. The van der Waals surface area contributed by atoms with Gasteiger partial charge in [0.1, 0.15) is 0 Å². The molecule has 2 nitrogen and oxygen atoms in total. The van der Waals surface area contributed by atoms with E-state index in [1.54, 1.807) is 0 Å². The molecular formula is C8H11NO. The Morgan fingerprint density at radius 2 is 2.30 bits per heavy atom. The largest absolute Gasteiger partial charge is 0.387 e. The normalized spacial score (nSPS) is 29.0. The molecule has 1 rings (SSSR count). The second-order valence-corrected chi connectivity index (χ2v) is 1.49. The Hall–Kier alpha value is -0.860. The molecule has 0 saturated heterocycles. The summed E-state index contributed by atoms with van der Waals surface area (Å²) in [7, 11) is 0. The summed E-state index contributed by atoms with van der Waals surface area (Å²) in [5.41, 5.74) is 4.09. The van der Waals surface area contributed by atoms with E-state index >= 15 is 0 Å². The molecule has 0 saturated carbocycles. The van der Waals surface area contributed by atoms with Crippen LogP contribution in [-0.2, 0) is 0 Å². The van der Waals surface area contributed by atoms with Gasteiger partial charge in [-0.3, -0.25) is 0 Å². The Kier molecular flexibility index (Phi) is 0.689. The minimum atomic E-state index is -3.15. The third-order valence-electron chi connectivity index (χ3n) is 0.874. The predicted octanol–water partition coefficient (Wildman–Crippen LogP) is 0.679. The Balaban J connectivity index is 3.72. The van der Waals surface area contributed by atoms with Crippen LogP contribution in [0.3, 0.4) is 0 Å². The van der Waals surface area contributed by atoms with Crippen molar-refractivity contribution >= 4 is 0 Å². The highest BCUT2D eigenvalue weighted by molar-refractivity contribution is 5.17. The van der Waals surface area contributed by atoms with Crippen molar-refractivity contribution < 1.29 is 16.1 Å². The number of rotatable bonds is 2. The minimum absolute atomic E-state index is 0.692. The van der Waals surface area contributed by atoms with Crippen LogP contribution in [0, 0.1) is 0 Å². The molecule has 0 aliphatic heterocycles. The zero-order chi connectivity index (χ0) is 14.5. The average molecular weight is 145 g/mol. The van der Waals surface area contributed by atoms with Gasteiger partial charge in [-0.15, -0.1) is 0 Å². The summed E-state index contributed by atoms with van der Waals surface area (Å²) in [4.78, 5) is 0. The summed E-state index contributed by atoms with van der Waals surface area (Å²) in [5.74, 6) is 0. The molecule has 10 heavy (non-hydrogen) atoms. The maximum Gasteiger partial charge on any atom is 0.0912 e. The van der Waals surface area contributed by atoms with Gasteiger partial charge in [0, 0.05) is 9.24 Å². The zero-order valence-corrected chi connectivity index (χ0v) is 5.02. The SMILES string of the molecule is [2H]c1c([2H])c([2H])c(C([2H])(O)C([2H])([2H])N)c([2H])c1[2H]. The Morgan fingerprint density at radius 1 is 1.70 bits per heavy atom. The van der Waals surface area contributed by atoms with Gasteiger partial charge < -0.3 is 10.8 Å². The van der Waals surface area contributed by atoms with E-state index in [2.05, 4.69) is 0 Å². The molecule has 0 bridgehead atoms. The van der Waals surface area contributed by atoms with Crippen LogP contribution in [0.25, 0.3) is 0 Å². The fourth-order valence-electron chi connectivity index (χ4n) is 0.441. The first-order valence-corrected chi connectivity index (χ1v) is 2.51. The molecule has 0 heterocycles. The summed E-state index contributed by atoms with van der Waals surface area (Å²) >= 11 is 0. The summed E-state index contributed by atoms with van der Waals surface area (Å²) in [5, 5.41) is 9.72. The van der Waals surface area contributed by atoms with Crippen LogP contribution in [0.2, 0.25) is 0 Å². The molecule has 1 atom stereocenters. The zero-order valence-electron chi connectivity index (χ0n) is 13.0. The lowest BCUT2D eigenvalue weighted by Crippen LogP contribution is -2.10. The van der Waals surface area contributed by atoms with Crippen LogP contribution in [0.1, 0.15) is 22.6 Å². The number of benzene rings is 1. The number of nitrogens with two attached hydrogens (primary N) is 1. The molecule has 2 heteroatoms. The maximum atomic E-state index is 9.72. The first kappa shape index (κ1) is 2.06. The van der Waals surface area contributed by atoms with Crippen LogP contribution in [0.5, 0.6) is 0 Å². The third kappa shape index (κ3) is 1.56. The van der Waals surface area contributed by atoms with Crippen LogP contribution < -0.4 is 5.73 Å². The summed E-state index contributed by atoms with van der Waals surface area (Å²) in [6, 6.07) is -3.93. The molecule has 0 aliphatic rings. The smallest absolute Gasteiger partial charge is 0.0912 e. The molecule has 0 fully saturated rings. The highest BCUT2D eigenvalue weighted by Crippen LogP contribution is 2.08. The van der Waals surface area contributed by atoms with Crippen LogP contribution >= 0.6 is 0 Å². The molecule has 1 unspecified atom stereocenters. The standard InChI is InChI=1S/C8H11NO/c9-6-8(10)7-4-2-1-3-5-7/h1-5,8,10H,6,9H2/i1D,2D,3D,4D,5D,6D2,8D. The molecule has 1 aromatic carbocycles. The van der Waals surface area contributed by atoms with Gasteiger partial charge in [-0.25, -0.2) is 0 Å². The van der Waals surface area contributed by atoms with E-state index in [-0.39, 0.29) is 0 Å². The first-order chi connectivity index (χ1) is 7.93. The summed E-state index contributed by atoms with van der Waals surface area (Å²) in [6.45, 7) is -2.99. The van der Waals surface area contributed by atoms with Gasteiger partial charge in [-0.2, -0.15) is 0 Å². The fraction of sp³-hybridized carbons (Fsp3) is 0.250. The molecule has 1 aromatic rings. The van der Waals surface area contributed by atoms with Crippen molar-refractivity contribution in [2.24, 2.45) is 5.73 Å². The van der Waals surface area contributed by atoms with E-state index in [9.17, 15) is 5.11 Å².